The first kappa shape index (κ1) is 12.2. The van der Waals surface area contributed by atoms with Gasteiger partial charge in [-0.25, -0.2) is 4.39 Å². The zero-order chi connectivity index (χ0) is 11.3. The van der Waals surface area contributed by atoms with E-state index in [0.717, 1.165) is 23.3 Å². The van der Waals surface area contributed by atoms with Gasteiger partial charge in [0.25, 0.3) is 10.4 Å². The number of rotatable bonds is 4. The third-order valence-corrected chi connectivity index (χ3v) is 2.89. The van der Waals surface area contributed by atoms with Crippen molar-refractivity contribution in [3.05, 3.63) is 0 Å². The largest absolute Gasteiger partial charge is 0.466 e. The summed E-state index contributed by atoms with van der Waals surface area (Å²) in [6.45, 7) is -0.611. The highest BCUT2D eigenvalue weighted by atomic mass is 32.2. The number of nitrogens with zero attached hydrogens (tertiary/aromatic N) is 3. The Labute approximate surface area is 94.8 Å². The van der Waals surface area contributed by atoms with E-state index in [2.05, 4.69) is 9.36 Å². The van der Waals surface area contributed by atoms with Crippen LogP contribution in [0.3, 0.4) is 0 Å². The van der Waals surface area contributed by atoms with Crippen molar-refractivity contribution in [2.24, 2.45) is 0 Å². The molecule has 0 bridgehead atoms. The van der Waals surface area contributed by atoms with Gasteiger partial charge in [0.05, 0.1) is 0 Å². The van der Waals surface area contributed by atoms with E-state index in [1.54, 1.807) is 14.1 Å². The fourth-order valence-electron chi connectivity index (χ4n) is 0.592. The maximum absolute atomic E-state index is 11.8. The highest BCUT2D eigenvalue weighted by Crippen LogP contribution is 2.23. The van der Waals surface area contributed by atoms with Gasteiger partial charge in [0, 0.05) is 37.4 Å². The summed E-state index contributed by atoms with van der Waals surface area (Å²) in [5, 5.41) is 0.444. The molecule has 0 saturated carbocycles. The van der Waals surface area contributed by atoms with Crippen LogP contribution in [0, 0.1) is 0 Å². The molecule has 8 heteroatoms. The summed E-state index contributed by atoms with van der Waals surface area (Å²) in [6.07, 6.45) is 0. The van der Waals surface area contributed by atoms with E-state index >= 15 is 0 Å². The molecule has 5 nitrogen and oxygen atoms in total. The Bertz CT molecular complexity index is 332. The van der Waals surface area contributed by atoms with Gasteiger partial charge in [0.1, 0.15) is 13.3 Å². The lowest BCUT2D eigenvalue weighted by molar-refractivity contribution is 0.241. The lowest BCUT2D eigenvalue weighted by Gasteiger charge is -2.06. The van der Waals surface area contributed by atoms with E-state index in [0.29, 0.717) is 5.16 Å². The molecule has 0 aliphatic carbocycles. The summed E-state index contributed by atoms with van der Waals surface area (Å²) in [6, 6.07) is 0. The Balaban J connectivity index is 2.49. The van der Waals surface area contributed by atoms with Gasteiger partial charge >= 0.3 is 0 Å². The number of ether oxygens (including phenoxy) is 1. The topological polar surface area (TPSA) is 55.3 Å². The van der Waals surface area contributed by atoms with Crippen LogP contribution in [0.15, 0.2) is 5.16 Å². The minimum Gasteiger partial charge on any atom is -0.466 e. The smallest absolute Gasteiger partial charge is 0.294 e. The van der Waals surface area contributed by atoms with Crippen molar-refractivity contribution >= 4 is 28.5 Å². The van der Waals surface area contributed by atoms with Gasteiger partial charge in [0.15, 0.2) is 0 Å². The predicted octanol–water partition coefficient (Wildman–Crippen LogP) is 1.66. The summed E-state index contributed by atoms with van der Waals surface area (Å²) in [7, 11) is 3.28. The van der Waals surface area contributed by atoms with E-state index in [1.165, 1.54) is 4.90 Å². The Kier molecular flexibility index (Phi) is 4.76. The zero-order valence-corrected chi connectivity index (χ0v) is 9.90. The van der Waals surface area contributed by atoms with E-state index in [1.807, 2.05) is 0 Å². The van der Waals surface area contributed by atoms with E-state index in [4.69, 9.17) is 4.74 Å². The number of thioether (sulfide) groups is 1. The van der Waals surface area contributed by atoms with Gasteiger partial charge < -0.3 is 9.64 Å². The first-order valence-corrected chi connectivity index (χ1v) is 5.64. The maximum atomic E-state index is 11.8. The van der Waals surface area contributed by atoms with Crippen molar-refractivity contribution in [3.8, 4) is 5.19 Å². The van der Waals surface area contributed by atoms with Crippen molar-refractivity contribution in [2.45, 2.75) is 5.16 Å². The normalized spacial score (nSPS) is 10.1. The molecule has 0 saturated heterocycles. The van der Waals surface area contributed by atoms with E-state index in [9.17, 15) is 9.18 Å². The van der Waals surface area contributed by atoms with Crippen LogP contribution in [0.4, 0.5) is 9.18 Å². The molecule has 0 N–H and O–H groups in total. The second-order valence-electron chi connectivity index (χ2n) is 2.64. The summed E-state index contributed by atoms with van der Waals surface area (Å²) in [5.41, 5.74) is 0. The van der Waals surface area contributed by atoms with E-state index in [-0.39, 0.29) is 17.0 Å². The molecule has 0 fully saturated rings. The number of carbonyl (C=O) groups excluding carboxylic acids is 1. The molecule has 1 rings (SSSR count). The SMILES string of the molecule is CN(C)C(=O)Sc1nsc(OCCF)n1. The molecule has 1 heterocycles. The molecule has 0 radical (unpaired) electrons. The van der Waals surface area contributed by atoms with Crippen molar-refractivity contribution in [1.29, 1.82) is 0 Å². The first-order chi connectivity index (χ1) is 7.13. The van der Waals surface area contributed by atoms with Crippen LogP contribution in [0.25, 0.3) is 0 Å². The van der Waals surface area contributed by atoms with Gasteiger partial charge in [-0.15, -0.1) is 0 Å². The van der Waals surface area contributed by atoms with Crippen LogP contribution in [0.2, 0.25) is 0 Å². The molecule has 0 atom stereocenters. The van der Waals surface area contributed by atoms with Crippen molar-refractivity contribution in [1.82, 2.24) is 14.3 Å². The lowest BCUT2D eigenvalue weighted by Crippen LogP contribution is -2.16. The minimum absolute atomic E-state index is 0.0407. The van der Waals surface area contributed by atoms with Gasteiger partial charge in [-0.05, 0) is 0 Å². The Hall–Kier alpha value is -0.890. The fraction of sp³-hybridized carbons (Fsp3) is 0.571. The maximum Gasteiger partial charge on any atom is 0.294 e. The summed E-state index contributed by atoms with van der Waals surface area (Å²) in [5.74, 6) is 0. The number of hydrogen-bond donors (Lipinski definition) is 0. The Morgan fingerprint density at radius 3 is 3.00 bits per heavy atom. The predicted molar refractivity (Wildman–Crippen MR) is 56.3 cm³/mol. The molecule has 84 valence electrons. The third kappa shape index (κ3) is 4.00. The van der Waals surface area contributed by atoms with Gasteiger partial charge in [-0.1, -0.05) is 0 Å². The highest BCUT2D eigenvalue weighted by molar-refractivity contribution is 8.13. The molecule has 1 aromatic rings. The second-order valence-corrected chi connectivity index (χ2v) is 4.28. The van der Waals surface area contributed by atoms with Crippen molar-refractivity contribution < 1.29 is 13.9 Å². The minimum atomic E-state index is -0.571. The standard InChI is InChI=1S/C7H10FN3O2S2/c1-11(2)7(12)14-5-9-6(15-10-5)13-4-3-8/h3-4H2,1-2H3. The van der Waals surface area contributed by atoms with Gasteiger partial charge in [-0.3, -0.25) is 4.79 Å². The first-order valence-electron chi connectivity index (χ1n) is 4.05. The third-order valence-electron chi connectivity index (χ3n) is 1.24. The Morgan fingerprint density at radius 2 is 2.40 bits per heavy atom. The molecular weight excluding hydrogens is 241 g/mol. The fourth-order valence-corrected chi connectivity index (χ4v) is 1.84. The van der Waals surface area contributed by atoms with E-state index < -0.39 is 6.67 Å². The molecule has 1 aromatic heterocycles. The lowest BCUT2D eigenvalue weighted by atomic mass is 10.8. The number of carbonyl (C=O) groups is 1. The summed E-state index contributed by atoms with van der Waals surface area (Å²) < 4.78 is 20.6. The molecule has 1 amide bonds. The van der Waals surface area contributed by atoms with Crippen LogP contribution >= 0.6 is 23.3 Å². The summed E-state index contributed by atoms with van der Waals surface area (Å²) in [4.78, 5) is 16.6. The second kappa shape index (κ2) is 5.86. The number of amides is 1. The molecule has 0 aliphatic heterocycles. The quantitative estimate of drug-likeness (QED) is 0.762. The van der Waals surface area contributed by atoms with Crippen LogP contribution in [-0.4, -0.2) is 46.9 Å². The average molecular weight is 251 g/mol. The molecule has 0 spiro atoms. The molecule has 0 aliphatic rings. The van der Waals surface area contributed by atoms with Crippen molar-refractivity contribution in [3.63, 3.8) is 0 Å². The van der Waals surface area contributed by atoms with Crippen LogP contribution in [-0.2, 0) is 0 Å². The number of alkyl halides is 1. The molecule has 15 heavy (non-hydrogen) atoms. The summed E-state index contributed by atoms with van der Waals surface area (Å²) >= 11 is 1.91. The number of hydrogen-bond acceptors (Lipinski definition) is 6. The monoisotopic (exact) mass is 251 g/mol. The Morgan fingerprint density at radius 1 is 1.67 bits per heavy atom. The molecular formula is C7H10FN3O2S2. The van der Waals surface area contributed by atoms with Crippen molar-refractivity contribution in [2.75, 3.05) is 27.4 Å². The average Bonchev–Trinajstić information content (AvgIpc) is 2.62. The number of aromatic nitrogens is 2. The van der Waals surface area contributed by atoms with Gasteiger partial charge in [0.2, 0.25) is 5.16 Å². The zero-order valence-electron chi connectivity index (χ0n) is 8.27. The highest BCUT2D eigenvalue weighted by Gasteiger charge is 2.12. The molecule has 0 unspecified atom stereocenters. The van der Waals surface area contributed by atoms with Crippen LogP contribution in [0.5, 0.6) is 5.19 Å². The van der Waals surface area contributed by atoms with Crippen LogP contribution < -0.4 is 4.74 Å². The van der Waals surface area contributed by atoms with Gasteiger partial charge in [-0.2, -0.15) is 9.36 Å². The van der Waals surface area contributed by atoms with Crippen LogP contribution in [0.1, 0.15) is 0 Å². The molecule has 0 aromatic carbocycles. The number of halogens is 1.